The molecule has 0 unspecified atom stereocenters. The van der Waals surface area contributed by atoms with Gasteiger partial charge in [0.15, 0.2) is 4.96 Å². The quantitative estimate of drug-likeness (QED) is 0.669. The van der Waals surface area contributed by atoms with Crippen molar-refractivity contribution in [3.05, 3.63) is 39.1 Å². The minimum absolute atomic E-state index is 0.0763. The van der Waals surface area contributed by atoms with Gasteiger partial charge in [-0.2, -0.15) is 9.29 Å². The molecular formula is C14H12ClN3O4S2. The third-order valence-electron chi connectivity index (χ3n) is 3.91. The monoisotopic (exact) mass is 385 g/mol. The lowest BCUT2D eigenvalue weighted by Gasteiger charge is -2.26. The van der Waals surface area contributed by atoms with E-state index >= 15 is 0 Å². The van der Waals surface area contributed by atoms with Crippen LogP contribution in [0, 0.1) is 0 Å². The van der Waals surface area contributed by atoms with E-state index in [1.54, 1.807) is 16.0 Å². The lowest BCUT2D eigenvalue weighted by Crippen LogP contribution is -2.40. The average molecular weight is 386 g/mol. The Labute approximate surface area is 146 Å². The molecule has 7 nitrogen and oxygen atoms in total. The summed E-state index contributed by atoms with van der Waals surface area (Å²) in [7, 11) is -3.79. The molecule has 1 aliphatic rings. The molecule has 2 aromatic heterocycles. The zero-order chi connectivity index (χ0) is 16.9. The van der Waals surface area contributed by atoms with E-state index in [2.05, 4.69) is 4.98 Å². The summed E-state index contributed by atoms with van der Waals surface area (Å²) in [6, 6.07) is 2.83. The van der Waals surface area contributed by atoms with E-state index < -0.39 is 15.6 Å². The molecule has 0 spiro atoms. The second-order valence-electron chi connectivity index (χ2n) is 5.29. The number of aromatic nitrogens is 2. The van der Waals surface area contributed by atoms with Gasteiger partial charge >= 0.3 is 0 Å². The highest BCUT2D eigenvalue weighted by atomic mass is 35.5. The topological polar surface area (TPSA) is 81.0 Å². The van der Waals surface area contributed by atoms with Crippen LogP contribution in [0.1, 0.15) is 0 Å². The first-order chi connectivity index (χ1) is 11.5. The van der Waals surface area contributed by atoms with E-state index in [4.69, 9.17) is 16.3 Å². The third-order valence-corrected chi connectivity index (χ3v) is 7.03. The van der Waals surface area contributed by atoms with Crippen molar-refractivity contribution in [1.29, 1.82) is 0 Å². The molecule has 0 atom stereocenters. The van der Waals surface area contributed by atoms with Gasteiger partial charge in [0.2, 0.25) is 10.0 Å². The number of halogens is 1. The lowest BCUT2D eigenvalue weighted by atomic mass is 10.2. The van der Waals surface area contributed by atoms with Gasteiger partial charge in [-0.1, -0.05) is 11.6 Å². The molecule has 24 heavy (non-hydrogen) atoms. The Hall–Kier alpha value is -1.52. The summed E-state index contributed by atoms with van der Waals surface area (Å²) in [5, 5.41) is 2.11. The van der Waals surface area contributed by atoms with Gasteiger partial charge in [-0.3, -0.25) is 9.20 Å². The molecule has 4 rings (SSSR count). The van der Waals surface area contributed by atoms with Gasteiger partial charge in [-0.15, -0.1) is 11.3 Å². The van der Waals surface area contributed by atoms with Crippen LogP contribution in [0.2, 0.25) is 5.02 Å². The summed E-state index contributed by atoms with van der Waals surface area (Å²) in [6.07, 6.45) is 1.77. The van der Waals surface area contributed by atoms with Crippen molar-refractivity contribution in [1.82, 2.24) is 13.7 Å². The van der Waals surface area contributed by atoms with Crippen molar-refractivity contribution in [2.24, 2.45) is 0 Å². The Morgan fingerprint density at radius 3 is 2.75 bits per heavy atom. The van der Waals surface area contributed by atoms with Crippen molar-refractivity contribution in [3.8, 4) is 0 Å². The summed E-state index contributed by atoms with van der Waals surface area (Å²) in [6.45, 7) is 1.20. The first kappa shape index (κ1) is 16.0. The van der Waals surface area contributed by atoms with Gasteiger partial charge in [-0.05, 0) is 12.1 Å². The Balaban J connectivity index is 1.96. The number of nitrogens with zero attached hydrogens (tertiary/aromatic N) is 3. The molecule has 0 saturated carbocycles. The fourth-order valence-corrected chi connectivity index (χ4v) is 5.36. The van der Waals surface area contributed by atoms with Crippen LogP contribution < -0.4 is 5.56 Å². The van der Waals surface area contributed by atoms with Crippen molar-refractivity contribution < 1.29 is 13.2 Å². The number of thiazole rings is 1. The smallest absolute Gasteiger partial charge is 0.281 e. The second kappa shape index (κ2) is 5.78. The minimum atomic E-state index is -3.79. The summed E-state index contributed by atoms with van der Waals surface area (Å²) < 4.78 is 33.9. The maximum absolute atomic E-state index is 12.8. The van der Waals surface area contributed by atoms with E-state index in [0.717, 1.165) is 0 Å². The van der Waals surface area contributed by atoms with Crippen molar-refractivity contribution in [3.63, 3.8) is 0 Å². The summed E-state index contributed by atoms with van der Waals surface area (Å²) >= 11 is 7.58. The number of fused-ring (bicyclic) bond motifs is 3. The lowest BCUT2D eigenvalue weighted by molar-refractivity contribution is 0.0730. The maximum Gasteiger partial charge on any atom is 0.281 e. The van der Waals surface area contributed by atoms with Crippen LogP contribution in [-0.2, 0) is 14.8 Å². The highest BCUT2D eigenvalue weighted by Crippen LogP contribution is 2.29. The highest BCUT2D eigenvalue weighted by molar-refractivity contribution is 7.89. The number of morpholine rings is 1. The molecule has 3 aromatic rings. The van der Waals surface area contributed by atoms with Gasteiger partial charge in [0, 0.05) is 24.7 Å². The zero-order valence-electron chi connectivity index (χ0n) is 12.3. The summed E-state index contributed by atoms with van der Waals surface area (Å²) in [4.78, 5) is 16.7. The van der Waals surface area contributed by atoms with E-state index in [1.165, 1.54) is 27.8 Å². The summed E-state index contributed by atoms with van der Waals surface area (Å²) in [5.74, 6) is 0. The first-order valence-corrected chi connectivity index (χ1v) is 9.85. The van der Waals surface area contributed by atoms with Crippen molar-refractivity contribution >= 4 is 48.8 Å². The molecule has 126 valence electrons. The van der Waals surface area contributed by atoms with Crippen LogP contribution in [0.25, 0.3) is 15.9 Å². The predicted molar refractivity (Wildman–Crippen MR) is 91.4 cm³/mol. The van der Waals surface area contributed by atoms with Gasteiger partial charge in [-0.25, -0.2) is 8.42 Å². The number of ether oxygens (including phenoxy) is 1. The number of rotatable bonds is 2. The molecule has 1 fully saturated rings. The molecular weight excluding hydrogens is 374 g/mol. The van der Waals surface area contributed by atoms with Crippen LogP contribution in [0.3, 0.4) is 0 Å². The molecule has 0 bridgehead atoms. The Morgan fingerprint density at radius 2 is 2.00 bits per heavy atom. The average Bonchev–Trinajstić information content (AvgIpc) is 3.03. The molecule has 0 N–H and O–H groups in total. The number of sulfonamides is 1. The van der Waals surface area contributed by atoms with Crippen LogP contribution >= 0.6 is 22.9 Å². The fourth-order valence-electron chi connectivity index (χ4n) is 2.72. The largest absolute Gasteiger partial charge is 0.379 e. The molecule has 0 radical (unpaired) electrons. The number of benzene rings is 1. The number of hydrogen-bond acceptors (Lipinski definition) is 6. The van der Waals surface area contributed by atoms with Gasteiger partial charge in [0.1, 0.15) is 4.90 Å². The minimum Gasteiger partial charge on any atom is -0.379 e. The number of hydrogen-bond donors (Lipinski definition) is 0. The Kier molecular flexibility index (Phi) is 3.85. The molecule has 3 heterocycles. The van der Waals surface area contributed by atoms with Crippen LogP contribution in [0.4, 0.5) is 0 Å². The second-order valence-corrected chi connectivity index (χ2v) is 8.48. The maximum atomic E-state index is 12.8. The van der Waals surface area contributed by atoms with Gasteiger partial charge < -0.3 is 4.74 Å². The van der Waals surface area contributed by atoms with Gasteiger partial charge in [0.05, 0.1) is 29.1 Å². The SMILES string of the molecule is O=c1nc2sccn2c2cc(Cl)c(S(=O)(=O)N3CCOCC3)cc12. The molecule has 1 aliphatic heterocycles. The van der Waals surface area contributed by atoms with Crippen molar-refractivity contribution in [2.75, 3.05) is 26.3 Å². The molecule has 0 aliphatic carbocycles. The highest BCUT2D eigenvalue weighted by Gasteiger charge is 2.29. The van der Waals surface area contributed by atoms with Crippen LogP contribution in [0.5, 0.6) is 0 Å². The molecule has 0 amide bonds. The van der Waals surface area contributed by atoms with Crippen LogP contribution in [-0.4, -0.2) is 48.4 Å². The van der Waals surface area contributed by atoms with Crippen molar-refractivity contribution in [2.45, 2.75) is 4.90 Å². The molecule has 10 heteroatoms. The molecule has 1 aromatic carbocycles. The van der Waals surface area contributed by atoms with E-state index in [9.17, 15) is 13.2 Å². The fraction of sp³-hybridized carbons (Fsp3) is 0.286. The summed E-state index contributed by atoms with van der Waals surface area (Å²) in [5.41, 5.74) is 0.0692. The van der Waals surface area contributed by atoms with E-state index in [-0.39, 0.29) is 28.4 Å². The van der Waals surface area contributed by atoms with Crippen LogP contribution in [0.15, 0.2) is 33.4 Å². The molecule has 1 saturated heterocycles. The third kappa shape index (κ3) is 2.44. The van der Waals surface area contributed by atoms with Gasteiger partial charge in [0.25, 0.3) is 5.56 Å². The zero-order valence-corrected chi connectivity index (χ0v) is 14.7. The Morgan fingerprint density at radius 1 is 1.25 bits per heavy atom. The van der Waals surface area contributed by atoms with E-state index in [1.807, 2.05) is 0 Å². The first-order valence-electron chi connectivity index (χ1n) is 7.15. The normalized spacial score (nSPS) is 16.9. The Bertz CT molecular complexity index is 1100. The van der Waals surface area contributed by atoms with E-state index in [0.29, 0.717) is 23.7 Å². The predicted octanol–water partition coefficient (Wildman–Crippen LogP) is 1.58. The standard InChI is InChI=1S/C14H12ClN3O4S2/c15-10-8-11-9(13(19)16-14-18(11)3-6-23-14)7-12(10)24(20,21)17-1-4-22-5-2-17/h3,6-8H,1-2,4-5H2.